The Balaban J connectivity index is 2.42. The molecule has 0 unspecified atom stereocenters. The highest BCUT2D eigenvalue weighted by atomic mass is 16.4. The number of hydrogen-bond donors (Lipinski definition) is 3. The zero-order valence-electron chi connectivity index (χ0n) is 11.4. The molecule has 1 heterocycles. The SMILES string of the molecule is CC(C)C[C@@H](NC(=O)NCc1ccn(C)n1)C(=O)O. The molecule has 0 aromatic carbocycles. The van der Waals surface area contributed by atoms with Crippen molar-refractivity contribution < 1.29 is 14.7 Å². The normalized spacial score (nSPS) is 12.2. The molecule has 0 bridgehead atoms. The second-order valence-electron chi connectivity index (χ2n) is 4.83. The Morgan fingerprint density at radius 1 is 1.47 bits per heavy atom. The molecule has 106 valence electrons. The summed E-state index contributed by atoms with van der Waals surface area (Å²) < 4.78 is 1.63. The predicted molar refractivity (Wildman–Crippen MR) is 69.5 cm³/mol. The maximum atomic E-state index is 11.6. The molecular formula is C12H20N4O3. The Morgan fingerprint density at radius 3 is 2.63 bits per heavy atom. The van der Waals surface area contributed by atoms with Crippen molar-refractivity contribution in [2.75, 3.05) is 0 Å². The molecule has 0 radical (unpaired) electrons. The van der Waals surface area contributed by atoms with E-state index in [1.807, 2.05) is 13.8 Å². The number of aliphatic carboxylic acids is 1. The number of aromatic nitrogens is 2. The van der Waals surface area contributed by atoms with E-state index >= 15 is 0 Å². The summed E-state index contributed by atoms with van der Waals surface area (Å²) >= 11 is 0. The van der Waals surface area contributed by atoms with Crippen molar-refractivity contribution in [2.45, 2.75) is 32.9 Å². The number of nitrogens with zero attached hydrogens (tertiary/aromatic N) is 2. The quantitative estimate of drug-likeness (QED) is 0.708. The van der Waals surface area contributed by atoms with Crippen LogP contribution in [-0.4, -0.2) is 32.9 Å². The van der Waals surface area contributed by atoms with Gasteiger partial charge < -0.3 is 15.7 Å². The molecule has 1 aromatic heterocycles. The lowest BCUT2D eigenvalue weighted by molar-refractivity contribution is -0.139. The molecule has 0 aliphatic rings. The highest BCUT2D eigenvalue weighted by Crippen LogP contribution is 2.04. The minimum Gasteiger partial charge on any atom is -0.480 e. The van der Waals surface area contributed by atoms with Gasteiger partial charge in [0, 0.05) is 13.2 Å². The van der Waals surface area contributed by atoms with E-state index in [1.54, 1.807) is 24.0 Å². The Morgan fingerprint density at radius 2 is 2.16 bits per heavy atom. The number of rotatable bonds is 6. The first-order valence-electron chi connectivity index (χ1n) is 6.14. The molecule has 19 heavy (non-hydrogen) atoms. The van der Waals surface area contributed by atoms with Crippen LogP contribution in [0.25, 0.3) is 0 Å². The first kappa shape index (κ1) is 15.0. The Kier molecular flexibility index (Phi) is 5.35. The number of carbonyl (C=O) groups excluding carboxylic acids is 1. The van der Waals surface area contributed by atoms with Gasteiger partial charge in [-0.05, 0) is 18.4 Å². The van der Waals surface area contributed by atoms with E-state index in [0.717, 1.165) is 0 Å². The molecule has 0 aliphatic heterocycles. The predicted octanol–water partition coefficient (Wildman–Crippen LogP) is 0.719. The summed E-state index contributed by atoms with van der Waals surface area (Å²) in [5.41, 5.74) is 0.716. The summed E-state index contributed by atoms with van der Waals surface area (Å²) in [5, 5.41) is 18.1. The average Bonchev–Trinajstić information content (AvgIpc) is 2.71. The van der Waals surface area contributed by atoms with Gasteiger partial charge in [-0.2, -0.15) is 5.10 Å². The lowest BCUT2D eigenvalue weighted by atomic mass is 10.0. The van der Waals surface area contributed by atoms with Crippen molar-refractivity contribution in [3.05, 3.63) is 18.0 Å². The number of aryl methyl sites for hydroxylation is 1. The lowest BCUT2D eigenvalue weighted by Gasteiger charge is -2.16. The Labute approximate surface area is 112 Å². The summed E-state index contributed by atoms with van der Waals surface area (Å²) in [5.74, 6) is -0.834. The molecule has 1 atom stereocenters. The summed E-state index contributed by atoms with van der Waals surface area (Å²) in [6, 6.07) is 0.408. The molecule has 0 saturated heterocycles. The molecule has 7 heteroatoms. The monoisotopic (exact) mass is 268 g/mol. The van der Waals surface area contributed by atoms with Crippen LogP contribution in [0.3, 0.4) is 0 Å². The number of carbonyl (C=O) groups is 2. The topological polar surface area (TPSA) is 96.3 Å². The molecule has 0 fully saturated rings. The zero-order chi connectivity index (χ0) is 14.4. The van der Waals surface area contributed by atoms with Crippen LogP contribution in [0, 0.1) is 5.92 Å². The van der Waals surface area contributed by atoms with Crippen LogP contribution in [0.1, 0.15) is 26.0 Å². The number of carboxylic acid groups (broad SMARTS) is 1. The van der Waals surface area contributed by atoms with Gasteiger partial charge in [-0.3, -0.25) is 4.68 Å². The van der Waals surface area contributed by atoms with Crippen LogP contribution in [0.5, 0.6) is 0 Å². The van der Waals surface area contributed by atoms with Gasteiger partial charge in [-0.25, -0.2) is 9.59 Å². The molecule has 3 N–H and O–H groups in total. The van der Waals surface area contributed by atoms with Gasteiger partial charge in [-0.1, -0.05) is 13.8 Å². The first-order chi connectivity index (χ1) is 8.88. The number of amides is 2. The third-order valence-corrected chi connectivity index (χ3v) is 2.51. The largest absolute Gasteiger partial charge is 0.480 e. The van der Waals surface area contributed by atoms with Crippen molar-refractivity contribution in [1.29, 1.82) is 0 Å². The van der Waals surface area contributed by atoms with Gasteiger partial charge in [0.15, 0.2) is 0 Å². The van der Waals surface area contributed by atoms with E-state index < -0.39 is 18.0 Å². The van der Waals surface area contributed by atoms with Crippen LogP contribution in [0.2, 0.25) is 0 Å². The molecular weight excluding hydrogens is 248 g/mol. The smallest absolute Gasteiger partial charge is 0.326 e. The fraction of sp³-hybridized carbons (Fsp3) is 0.583. The summed E-state index contributed by atoms with van der Waals surface area (Å²) in [4.78, 5) is 22.6. The third-order valence-electron chi connectivity index (χ3n) is 2.51. The minimum absolute atomic E-state index is 0.192. The molecule has 0 aliphatic carbocycles. The molecule has 0 spiro atoms. The summed E-state index contributed by atoms with van der Waals surface area (Å²) in [6.07, 6.45) is 2.17. The van der Waals surface area contributed by atoms with Crippen LogP contribution >= 0.6 is 0 Å². The number of nitrogens with one attached hydrogen (secondary N) is 2. The van der Waals surface area contributed by atoms with Gasteiger partial charge >= 0.3 is 12.0 Å². The van der Waals surface area contributed by atoms with E-state index in [1.165, 1.54) is 0 Å². The maximum Gasteiger partial charge on any atom is 0.326 e. The van der Waals surface area contributed by atoms with E-state index in [-0.39, 0.29) is 12.5 Å². The van der Waals surface area contributed by atoms with Crippen LogP contribution < -0.4 is 10.6 Å². The molecule has 1 rings (SSSR count). The standard InChI is InChI=1S/C12H20N4O3/c1-8(2)6-10(11(17)18)14-12(19)13-7-9-4-5-16(3)15-9/h4-5,8,10H,6-7H2,1-3H3,(H,17,18)(H2,13,14,19)/t10-/m1/s1. The summed E-state index contributed by atoms with van der Waals surface area (Å²) in [6.45, 7) is 4.08. The second-order valence-corrected chi connectivity index (χ2v) is 4.83. The number of hydrogen-bond acceptors (Lipinski definition) is 3. The summed E-state index contributed by atoms with van der Waals surface area (Å²) in [7, 11) is 1.78. The minimum atomic E-state index is -1.03. The Hall–Kier alpha value is -2.05. The first-order valence-corrected chi connectivity index (χ1v) is 6.14. The van der Waals surface area contributed by atoms with Crippen LogP contribution in [0.4, 0.5) is 4.79 Å². The number of carboxylic acids is 1. The van der Waals surface area contributed by atoms with Gasteiger partial charge in [0.1, 0.15) is 6.04 Å². The van der Waals surface area contributed by atoms with Crippen molar-refractivity contribution in [3.63, 3.8) is 0 Å². The van der Waals surface area contributed by atoms with E-state index in [2.05, 4.69) is 15.7 Å². The van der Waals surface area contributed by atoms with Crippen molar-refractivity contribution >= 4 is 12.0 Å². The van der Waals surface area contributed by atoms with Crippen molar-refractivity contribution in [3.8, 4) is 0 Å². The van der Waals surface area contributed by atoms with E-state index in [9.17, 15) is 9.59 Å². The van der Waals surface area contributed by atoms with Gasteiger partial charge in [0.2, 0.25) is 0 Å². The van der Waals surface area contributed by atoms with Gasteiger partial charge in [0.05, 0.1) is 12.2 Å². The molecule has 1 aromatic rings. The Bertz CT molecular complexity index is 442. The van der Waals surface area contributed by atoms with Crippen molar-refractivity contribution in [1.82, 2.24) is 20.4 Å². The van der Waals surface area contributed by atoms with Gasteiger partial charge in [-0.15, -0.1) is 0 Å². The molecule has 7 nitrogen and oxygen atoms in total. The number of urea groups is 1. The molecule has 2 amide bonds. The highest BCUT2D eigenvalue weighted by molar-refractivity contribution is 5.82. The second kappa shape index (κ2) is 6.77. The van der Waals surface area contributed by atoms with Crippen LogP contribution in [-0.2, 0) is 18.4 Å². The fourth-order valence-electron chi connectivity index (χ4n) is 1.63. The molecule has 0 saturated carbocycles. The third kappa shape index (κ3) is 5.41. The maximum absolute atomic E-state index is 11.6. The van der Waals surface area contributed by atoms with Crippen molar-refractivity contribution in [2.24, 2.45) is 13.0 Å². The fourth-order valence-corrected chi connectivity index (χ4v) is 1.63. The van der Waals surface area contributed by atoms with Crippen LogP contribution in [0.15, 0.2) is 12.3 Å². The average molecular weight is 268 g/mol. The zero-order valence-corrected chi connectivity index (χ0v) is 11.4. The lowest BCUT2D eigenvalue weighted by Crippen LogP contribution is -2.46. The van der Waals surface area contributed by atoms with E-state index in [4.69, 9.17) is 5.11 Å². The van der Waals surface area contributed by atoms with Gasteiger partial charge in [0.25, 0.3) is 0 Å². The van der Waals surface area contributed by atoms with E-state index in [0.29, 0.717) is 12.1 Å². The highest BCUT2D eigenvalue weighted by Gasteiger charge is 2.20.